The van der Waals surface area contributed by atoms with Gasteiger partial charge in [-0.25, -0.2) is 13.8 Å². The Morgan fingerprint density at radius 3 is 2.45 bits per heavy atom. The van der Waals surface area contributed by atoms with E-state index in [1.165, 1.54) is 12.1 Å². The van der Waals surface area contributed by atoms with Gasteiger partial charge in [0.15, 0.2) is 0 Å². The first kappa shape index (κ1) is 23.7. The molecule has 1 saturated carbocycles. The van der Waals surface area contributed by atoms with Crippen LogP contribution >= 0.6 is 23.2 Å². The molecule has 0 saturated heterocycles. The minimum atomic E-state index is -4.82. The molecule has 0 bridgehead atoms. The summed E-state index contributed by atoms with van der Waals surface area (Å²) in [6, 6.07) is 3.00. The number of hydrogen-bond donors (Lipinski definition) is 2. The summed E-state index contributed by atoms with van der Waals surface area (Å²) in [5.41, 5.74) is -3.70. The molecule has 1 aliphatic rings. The van der Waals surface area contributed by atoms with Crippen molar-refractivity contribution in [1.29, 1.82) is 0 Å². The summed E-state index contributed by atoms with van der Waals surface area (Å²) in [5.74, 6) is -1.95. The number of aromatic nitrogens is 1. The van der Waals surface area contributed by atoms with E-state index in [2.05, 4.69) is 10.3 Å². The maximum atomic E-state index is 14.1. The van der Waals surface area contributed by atoms with Crippen molar-refractivity contribution in [3.05, 3.63) is 63.1 Å². The van der Waals surface area contributed by atoms with Crippen molar-refractivity contribution >= 4 is 29.1 Å². The third-order valence-corrected chi connectivity index (χ3v) is 6.08. The Kier molecular flexibility index (Phi) is 6.78. The van der Waals surface area contributed by atoms with Crippen LogP contribution in [0.3, 0.4) is 0 Å². The summed E-state index contributed by atoms with van der Waals surface area (Å²) in [6.45, 7) is 0. The minimum absolute atomic E-state index is 0.00192. The van der Waals surface area contributed by atoms with Gasteiger partial charge in [-0.3, -0.25) is 4.79 Å². The van der Waals surface area contributed by atoms with Crippen molar-refractivity contribution in [2.45, 2.75) is 49.7 Å². The van der Waals surface area contributed by atoms with Crippen molar-refractivity contribution in [2.75, 3.05) is 0 Å². The molecule has 1 aromatic carbocycles. The smallest absolute Gasteiger partial charge is 0.387 e. The number of benzene rings is 1. The van der Waals surface area contributed by atoms with Crippen molar-refractivity contribution in [3.63, 3.8) is 0 Å². The molecule has 4 nitrogen and oxygen atoms in total. The van der Waals surface area contributed by atoms with E-state index in [1.807, 2.05) is 0 Å². The molecule has 168 valence electrons. The second kappa shape index (κ2) is 8.88. The highest BCUT2D eigenvalue weighted by molar-refractivity contribution is 6.34. The summed E-state index contributed by atoms with van der Waals surface area (Å²) < 4.78 is 67.1. The van der Waals surface area contributed by atoms with Crippen LogP contribution in [-0.4, -0.2) is 27.8 Å². The van der Waals surface area contributed by atoms with Crippen molar-refractivity contribution in [3.8, 4) is 0 Å². The van der Waals surface area contributed by atoms with E-state index in [1.54, 1.807) is 0 Å². The number of carbonyl (C=O) groups is 1. The maximum absolute atomic E-state index is 14.1. The van der Waals surface area contributed by atoms with E-state index in [4.69, 9.17) is 23.2 Å². The fraction of sp³-hybridized carbons (Fsp3) is 0.400. The zero-order chi connectivity index (χ0) is 23.0. The molecule has 31 heavy (non-hydrogen) atoms. The fourth-order valence-electron chi connectivity index (χ4n) is 3.64. The molecule has 0 spiro atoms. The monoisotopic (exact) mass is 482 g/mol. The number of halogens is 7. The molecule has 1 heterocycles. The number of alkyl halides is 4. The summed E-state index contributed by atoms with van der Waals surface area (Å²) in [7, 11) is 0. The van der Waals surface area contributed by atoms with Crippen molar-refractivity contribution in [1.82, 2.24) is 10.3 Å². The molecule has 2 aromatic rings. The minimum Gasteiger partial charge on any atom is -0.387 e. The Morgan fingerprint density at radius 2 is 1.84 bits per heavy atom. The summed E-state index contributed by atoms with van der Waals surface area (Å²) in [5, 5.41) is 12.3. The lowest BCUT2D eigenvalue weighted by Crippen LogP contribution is -2.49. The predicted molar refractivity (Wildman–Crippen MR) is 104 cm³/mol. The Balaban J connectivity index is 2.02. The van der Waals surface area contributed by atoms with Crippen molar-refractivity contribution in [2.24, 2.45) is 0 Å². The first-order valence-corrected chi connectivity index (χ1v) is 10.0. The van der Waals surface area contributed by atoms with Gasteiger partial charge in [-0.05, 0) is 43.4 Å². The summed E-state index contributed by atoms with van der Waals surface area (Å²) in [4.78, 5) is 16.5. The second-order valence-electron chi connectivity index (χ2n) is 7.35. The van der Waals surface area contributed by atoms with Gasteiger partial charge in [0, 0.05) is 6.20 Å². The quantitative estimate of drug-likeness (QED) is 0.552. The van der Waals surface area contributed by atoms with Crippen LogP contribution in [0.2, 0.25) is 10.0 Å². The van der Waals surface area contributed by atoms with Gasteiger partial charge in [-0.2, -0.15) is 13.2 Å². The number of pyridine rings is 1. The molecular formula is C20H17Cl2F5N2O2. The predicted octanol–water partition coefficient (Wildman–Crippen LogP) is 5.66. The Bertz CT molecular complexity index is 979. The Labute approximate surface area is 184 Å². The van der Waals surface area contributed by atoms with Gasteiger partial charge >= 0.3 is 6.18 Å². The van der Waals surface area contributed by atoms with Crippen LogP contribution in [0.25, 0.3) is 0 Å². The number of nitrogens with zero attached hydrogens (tertiary/aromatic N) is 1. The van der Waals surface area contributed by atoms with Gasteiger partial charge in [0.05, 0.1) is 27.3 Å². The molecule has 0 aliphatic heterocycles. The number of carbonyl (C=O) groups excluding carboxylic acids is 1. The fourth-order valence-corrected chi connectivity index (χ4v) is 4.18. The van der Waals surface area contributed by atoms with E-state index < -0.39 is 52.0 Å². The van der Waals surface area contributed by atoms with Gasteiger partial charge in [0.1, 0.15) is 17.7 Å². The van der Waals surface area contributed by atoms with Crippen LogP contribution in [-0.2, 0) is 6.18 Å². The normalized spacial score (nSPS) is 22.8. The molecule has 1 unspecified atom stereocenters. The SMILES string of the molecule is O=C(NC(c1cccc(F)c1Cl)[C@]1(O)CC[C@H](F)CC1)c1nccc(C(F)(F)F)c1Cl. The van der Waals surface area contributed by atoms with E-state index in [0.717, 1.165) is 12.3 Å². The van der Waals surface area contributed by atoms with E-state index in [9.17, 15) is 31.9 Å². The molecule has 1 aromatic heterocycles. The summed E-state index contributed by atoms with van der Waals surface area (Å²) >= 11 is 11.8. The summed E-state index contributed by atoms with van der Waals surface area (Å²) in [6.07, 6.45) is -5.41. The Morgan fingerprint density at radius 1 is 1.19 bits per heavy atom. The van der Waals surface area contributed by atoms with Gasteiger partial charge in [0.25, 0.3) is 5.91 Å². The van der Waals surface area contributed by atoms with Crippen LogP contribution in [0.15, 0.2) is 30.5 Å². The molecule has 1 fully saturated rings. The zero-order valence-electron chi connectivity index (χ0n) is 15.8. The van der Waals surface area contributed by atoms with Crippen LogP contribution in [0, 0.1) is 5.82 Å². The molecule has 2 N–H and O–H groups in total. The van der Waals surface area contributed by atoms with Crippen molar-refractivity contribution < 1.29 is 31.9 Å². The molecule has 11 heteroatoms. The second-order valence-corrected chi connectivity index (χ2v) is 8.10. The number of hydrogen-bond acceptors (Lipinski definition) is 3. The number of nitrogens with one attached hydrogen (secondary N) is 1. The van der Waals surface area contributed by atoms with Crippen LogP contribution in [0.4, 0.5) is 22.0 Å². The lowest BCUT2D eigenvalue weighted by Gasteiger charge is -2.41. The first-order valence-electron chi connectivity index (χ1n) is 9.27. The van der Waals surface area contributed by atoms with Gasteiger partial charge < -0.3 is 10.4 Å². The number of amides is 1. The van der Waals surface area contributed by atoms with Gasteiger partial charge in [-0.15, -0.1) is 0 Å². The van der Waals surface area contributed by atoms with Gasteiger partial charge in [0.2, 0.25) is 0 Å². The van der Waals surface area contributed by atoms with E-state index >= 15 is 0 Å². The third kappa shape index (κ3) is 4.94. The molecule has 1 aliphatic carbocycles. The molecule has 1 amide bonds. The average Bonchev–Trinajstić information content (AvgIpc) is 2.70. The van der Waals surface area contributed by atoms with Crippen LogP contribution in [0.1, 0.15) is 53.3 Å². The first-order chi connectivity index (χ1) is 14.4. The number of rotatable bonds is 4. The van der Waals surface area contributed by atoms with Crippen LogP contribution in [0.5, 0.6) is 0 Å². The van der Waals surface area contributed by atoms with E-state index in [-0.39, 0.29) is 36.3 Å². The number of aliphatic hydroxyl groups is 1. The highest BCUT2D eigenvalue weighted by Crippen LogP contribution is 2.42. The molecule has 0 radical (unpaired) electrons. The zero-order valence-corrected chi connectivity index (χ0v) is 17.3. The third-order valence-electron chi connectivity index (χ3n) is 5.30. The molecular weight excluding hydrogens is 466 g/mol. The Hall–Kier alpha value is -1.97. The standard InChI is InChI=1S/C20H17Cl2F5N2O2/c21-14-11(2-1-3-13(14)24)17(19(31)7-4-10(23)5-8-19)29-18(30)16-15(22)12(6-9-28-16)20(25,26)27/h1-3,6,9-10,17,31H,4-5,7-8H2,(H,29,30)/t10-,17?,19-. The average molecular weight is 483 g/mol. The molecule has 3 rings (SSSR count). The van der Waals surface area contributed by atoms with Gasteiger partial charge in [-0.1, -0.05) is 35.3 Å². The molecule has 1 atom stereocenters. The highest BCUT2D eigenvalue weighted by Gasteiger charge is 2.44. The largest absolute Gasteiger partial charge is 0.417 e. The van der Waals surface area contributed by atoms with Crippen LogP contribution < -0.4 is 5.32 Å². The topological polar surface area (TPSA) is 62.2 Å². The maximum Gasteiger partial charge on any atom is 0.417 e. The van der Waals surface area contributed by atoms with E-state index in [0.29, 0.717) is 6.07 Å². The lowest BCUT2D eigenvalue weighted by molar-refractivity contribution is -0.137. The lowest BCUT2D eigenvalue weighted by atomic mass is 9.76. The highest BCUT2D eigenvalue weighted by atomic mass is 35.5.